The lowest BCUT2D eigenvalue weighted by atomic mass is 9.75. The van der Waals surface area contributed by atoms with Gasteiger partial charge >= 0.3 is 6.18 Å². The first-order valence-electron chi connectivity index (χ1n) is 12.7. The van der Waals surface area contributed by atoms with Crippen molar-refractivity contribution in [3.05, 3.63) is 47.5 Å². The van der Waals surface area contributed by atoms with E-state index in [1.807, 2.05) is 0 Å². The minimum Gasteiger partial charge on any atom is -0.492 e. The zero-order chi connectivity index (χ0) is 27.9. The van der Waals surface area contributed by atoms with Gasteiger partial charge in [-0.25, -0.2) is 9.37 Å². The Labute approximate surface area is 229 Å². The molecule has 1 saturated carbocycles. The van der Waals surface area contributed by atoms with Crippen LogP contribution in [0.25, 0.3) is 0 Å². The molecule has 13 heteroatoms. The Balaban J connectivity index is 1.37. The average molecular weight is 565 g/mol. The summed E-state index contributed by atoms with van der Waals surface area (Å²) in [6, 6.07) is 6.54. The molecule has 8 nitrogen and oxygen atoms in total. The van der Waals surface area contributed by atoms with Crippen LogP contribution in [0.15, 0.2) is 30.5 Å². The van der Waals surface area contributed by atoms with Gasteiger partial charge in [-0.3, -0.25) is 14.6 Å². The third-order valence-corrected chi connectivity index (χ3v) is 8.20. The molecule has 2 aliphatic heterocycles. The highest BCUT2D eigenvalue weighted by atomic mass is 32.1. The van der Waals surface area contributed by atoms with Crippen LogP contribution in [0.1, 0.15) is 30.5 Å². The third kappa shape index (κ3) is 5.01. The molecule has 1 aromatic carbocycles. The number of alkyl halides is 3. The number of aromatic nitrogens is 1. The van der Waals surface area contributed by atoms with E-state index >= 15 is 4.39 Å². The van der Waals surface area contributed by atoms with Crippen LogP contribution < -0.4 is 14.5 Å². The minimum absolute atomic E-state index is 0.106. The lowest BCUT2D eigenvalue weighted by Gasteiger charge is -2.44. The molecule has 0 radical (unpaired) electrons. The van der Waals surface area contributed by atoms with Crippen LogP contribution >= 0.6 is 12.6 Å². The van der Waals surface area contributed by atoms with E-state index in [-0.39, 0.29) is 11.4 Å². The Bertz CT molecular complexity index is 1290. The molecular weight excluding hydrogens is 536 g/mol. The number of piperazine rings is 1. The Morgan fingerprint density at radius 1 is 1.21 bits per heavy atom. The number of benzene rings is 1. The molecule has 1 spiro atoms. The Hall–Kier alpha value is -3.08. The highest BCUT2D eigenvalue weighted by Crippen LogP contribution is 2.51. The number of nitrogens with zero attached hydrogens (tertiary/aromatic N) is 6. The number of hydrogen-bond donors (Lipinski definition) is 1. The Morgan fingerprint density at radius 3 is 2.51 bits per heavy atom. The fourth-order valence-electron chi connectivity index (χ4n) is 5.37. The standard InChI is InChI=1S/C26H28F4N6O2S/c1-33-7-9-34(10-8-33)11-12-38-18-3-4-22(20(27)14-18)36-24(39)35(23(37)25(36)5-2-6-25)17-13-19(26(28,29)30)21(15-31)32-16-17/h3-4,13-14,16,24,39H,2,5-12H2,1H3. The van der Waals surface area contributed by atoms with Crippen molar-refractivity contribution in [1.82, 2.24) is 14.8 Å². The second-order valence-electron chi connectivity index (χ2n) is 10.1. The monoisotopic (exact) mass is 564 g/mol. The summed E-state index contributed by atoms with van der Waals surface area (Å²) in [5.74, 6) is -0.765. The molecule has 3 aliphatic rings. The van der Waals surface area contributed by atoms with Gasteiger partial charge in [0.15, 0.2) is 11.2 Å². The van der Waals surface area contributed by atoms with Gasteiger partial charge in [0, 0.05) is 38.8 Å². The Kier molecular flexibility index (Phi) is 7.39. The predicted octanol–water partition coefficient (Wildman–Crippen LogP) is 3.73. The van der Waals surface area contributed by atoms with E-state index < -0.39 is 40.2 Å². The fourth-order valence-corrected chi connectivity index (χ4v) is 5.95. The van der Waals surface area contributed by atoms with Crippen molar-refractivity contribution in [1.29, 1.82) is 5.26 Å². The van der Waals surface area contributed by atoms with Gasteiger partial charge in [-0.1, -0.05) is 0 Å². The van der Waals surface area contributed by atoms with Crippen LogP contribution in [0, 0.1) is 17.1 Å². The highest BCUT2D eigenvalue weighted by molar-refractivity contribution is 7.81. The van der Waals surface area contributed by atoms with E-state index in [0.29, 0.717) is 38.2 Å². The topological polar surface area (TPSA) is 75.9 Å². The van der Waals surface area contributed by atoms with E-state index in [0.717, 1.165) is 43.3 Å². The number of rotatable bonds is 6. The smallest absolute Gasteiger partial charge is 0.419 e. The van der Waals surface area contributed by atoms with Crippen LogP contribution in [-0.4, -0.2) is 78.1 Å². The maximum absolute atomic E-state index is 15.5. The molecule has 1 aromatic heterocycles. The molecule has 39 heavy (non-hydrogen) atoms. The normalized spacial score (nSPS) is 21.8. The molecule has 2 aromatic rings. The molecule has 1 atom stereocenters. The fraction of sp³-hybridized carbons (Fsp3) is 0.500. The number of halogens is 4. The van der Waals surface area contributed by atoms with Crippen molar-refractivity contribution in [3.63, 3.8) is 0 Å². The number of hydrogen-bond acceptors (Lipinski definition) is 8. The van der Waals surface area contributed by atoms with Gasteiger partial charge in [-0.15, -0.1) is 12.6 Å². The summed E-state index contributed by atoms with van der Waals surface area (Å²) in [5.41, 5.74) is -4.33. The van der Waals surface area contributed by atoms with Crippen molar-refractivity contribution < 1.29 is 27.1 Å². The summed E-state index contributed by atoms with van der Waals surface area (Å²) < 4.78 is 62.0. The lowest BCUT2D eigenvalue weighted by Crippen LogP contribution is -2.55. The number of carbonyl (C=O) groups excluding carboxylic acids is 1. The van der Waals surface area contributed by atoms with Gasteiger partial charge in [-0.05, 0) is 44.5 Å². The van der Waals surface area contributed by atoms with Gasteiger partial charge in [0.1, 0.15) is 29.8 Å². The molecular formula is C26H28F4N6O2S. The molecule has 1 aliphatic carbocycles. The summed E-state index contributed by atoms with van der Waals surface area (Å²) in [4.78, 5) is 24.4. The maximum Gasteiger partial charge on any atom is 0.419 e. The molecule has 2 saturated heterocycles. The summed E-state index contributed by atoms with van der Waals surface area (Å²) >= 11 is 4.57. The zero-order valence-electron chi connectivity index (χ0n) is 21.3. The van der Waals surface area contributed by atoms with Crippen molar-refractivity contribution in [2.24, 2.45) is 0 Å². The summed E-state index contributed by atoms with van der Waals surface area (Å²) in [6.45, 7) is 4.96. The number of nitriles is 1. The predicted molar refractivity (Wildman–Crippen MR) is 139 cm³/mol. The van der Waals surface area contributed by atoms with Crippen LogP contribution in [0.4, 0.5) is 28.9 Å². The van der Waals surface area contributed by atoms with E-state index in [9.17, 15) is 18.0 Å². The SMILES string of the molecule is CN1CCN(CCOc2ccc(N3C(S)N(c4cnc(C#N)c(C(F)(F)F)c4)C(=O)C34CCC4)c(F)c2)CC1. The molecule has 3 fully saturated rings. The van der Waals surface area contributed by atoms with E-state index in [2.05, 4.69) is 34.5 Å². The van der Waals surface area contributed by atoms with Crippen molar-refractivity contribution in [3.8, 4) is 11.8 Å². The number of thiol groups is 1. The molecule has 1 amide bonds. The molecule has 5 rings (SSSR count). The average Bonchev–Trinajstić information content (AvgIpc) is 3.11. The summed E-state index contributed by atoms with van der Waals surface area (Å²) in [7, 11) is 2.08. The number of pyridine rings is 1. The van der Waals surface area contributed by atoms with Gasteiger partial charge in [0.2, 0.25) is 0 Å². The zero-order valence-corrected chi connectivity index (χ0v) is 22.2. The summed E-state index contributed by atoms with van der Waals surface area (Å²) in [6.07, 6.45) is -2.30. The second kappa shape index (κ2) is 10.5. The maximum atomic E-state index is 15.5. The van der Waals surface area contributed by atoms with Gasteiger partial charge in [0.05, 0.1) is 23.1 Å². The van der Waals surface area contributed by atoms with E-state index in [4.69, 9.17) is 10.00 Å². The third-order valence-electron chi connectivity index (χ3n) is 7.73. The molecule has 0 N–H and O–H groups in total. The number of likely N-dealkylation sites (N-methyl/N-ethyl adjacent to an activating group) is 1. The largest absolute Gasteiger partial charge is 0.492 e. The molecule has 3 heterocycles. The second-order valence-corrected chi connectivity index (χ2v) is 10.5. The number of ether oxygens (including phenoxy) is 1. The van der Waals surface area contributed by atoms with Crippen molar-refractivity contribution in [2.45, 2.75) is 36.5 Å². The van der Waals surface area contributed by atoms with E-state index in [1.165, 1.54) is 23.1 Å². The van der Waals surface area contributed by atoms with Crippen LogP contribution in [0.2, 0.25) is 0 Å². The van der Waals surface area contributed by atoms with E-state index in [1.54, 1.807) is 6.07 Å². The van der Waals surface area contributed by atoms with Crippen molar-refractivity contribution >= 4 is 29.9 Å². The van der Waals surface area contributed by atoms with Gasteiger partial charge in [-0.2, -0.15) is 18.4 Å². The van der Waals surface area contributed by atoms with Crippen molar-refractivity contribution in [2.75, 3.05) is 56.2 Å². The molecule has 208 valence electrons. The highest BCUT2D eigenvalue weighted by Gasteiger charge is 2.60. The lowest BCUT2D eigenvalue weighted by molar-refractivity contribution is -0.138. The first kappa shape index (κ1) is 27.5. The van der Waals surface area contributed by atoms with Crippen LogP contribution in [0.3, 0.4) is 0 Å². The first-order chi connectivity index (χ1) is 18.5. The van der Waals surface area contributed by atoms with Gasteiger partial charge < -0.3 is 14.5 Å². The minimum atomic E-state index is -4.84. The quantitative estimate of drug-likeness (QED) is 0.424. The molecule has 1 unspecified atom stereocenters. The first-order valence-corrected chi connectivity index (χ1v) is 13.2. The van der Waals surface area contributed by atoms with Gasteiger partial charge in [0.25, 0.3) is 5.91 Å². The number of amides is 1. The van der Waals surface area contributed by atoms with Crippen LogP contribution in [0.5, 0.6) is 5.75 Å². The molecule has 0 bridgehead atoms. The number of carbonyl (C=O) groups is 1. The Morgan fingerprint density at radius 2 is 1.92 bits per heavy atom. The number of anilines is 2. The van der Waals surface area contributed by atoms with Crippen LogP contribution in [-0.2, 0) is 11.0 Å². The summed E-state index contributed by atoms with van der Waals surface area (Å²) in [5, 5.41) is 9.07.